The minimum absolute atomic E-state index is 0.0852. The van der Waals surface area contributed by atoms with Crippen molar-refractivity contribution in [3.05, 3.63) is 34.6 Å². The minimum Gasteiger partial charge on any atom is -0.324 e. The summed E-state index contributed by atoms with van der Waals surface area (Å²) in [6.45, 7) is 0. The number of rotatable bonds is 2. The lowest BCUT2D eigenvalue weighted by molar-refractivity contribution is 0.479. The van der Waals surface area contributed by atoms with Crippen molar-refractivity contribution in [3.8, 4) is 0 Å². The summed E-state index contributed by atoms with van der Waals surface area (Å²) in [5.41, 5.74) is 6.61. The van der Waals surface area contributed by atoms with Gasteiger partial charge in [-0.25, -0.2) is 12.8 Å². The summed E-state index contributed by atoms with van der Waals surface area (Å²) in [5.74, 6) is -0.306. The Balaban J connectivity index is 2.23. The first-order valence-corrected chi connectivity index (χ1v) is 7.50. The molecule has 6 heteroatoms. The fraction of sp³-hybridized carbons (Fsp3) is 0.455. The predicted octanol–water partition coefficient (Wildman–Crippen LogP) is 1.91. The van der Waals surface area contributed by atoms with Crippen LogP contribution in [0, 0.1) is 11.7 Å². The van der Waals surface area contributed by atoms with E-state index in [0.717, 1.165) is 0 Å². The van der Waals surface area contributed by atoms with Crippen molar-refractivity contribution in [3.63, 3.8) is 0 Å². The van der Waals surface area contributed by atoms with E-state index in [0.29, 0.717) is 12.0 Å². The number of hydrogen-bond acceptors (Lipinski definition) is 3. The van der Waals surface area contributed by atoms with Crippen LogP contribution in [0.5, 0.6) is 0 Å². The van der Waals surface area contributed by atoms with E-state index in [-0.39, 0.29) is 22.4 Å². The molecule has 17 heavy (non-hydrogen) atoms. The second-order valence-corrected chi connectivity index (χ2v) is 6.99. The highest BCUT2D eigenvalue weighted by Gasteiger charge is 2.33. The summed E-state index contributed by atoms with van der Waals surface area (Å²) < 4.78 is 35.6. The van der Waals surface area contributed by atoms with Crippen LogP contribution in [-0.2, 0) is 9.84 Å². The van der Waals surface area contributed by atoms with Gasteiger partial charge < -0.3 is 5.73 Å². The van der Waals surface area contributed by atoms with Gasteiger partial charge in [0.1, 0.15) is 5.82 Å². The molecule has 94 valence electrons. The van der Waals surface area contributed by atoms with Crippen molar-refractivity contribution >= 4 is 21.4 Å². The topological polar surface area (TPSA) is 60.2 Å². The second kappa shape index (κ2) is 4.55. The van der Waals surface area contributed by atoms with Gasteiger partial charge in [-0.2, -0.15) is 0 Å². The molecular weight excluding hydrogens is 265 g/mol. The Morgan fingerprint density at radius 3 is 2.71 bits per heavy atom. The maximum atomic E-state index is 12.9. The smallest absolute Gasteiger partial charge is 0.150 e. The van der Waals surface area contributed by atoms with Gasteiger partial charge in [-0.05, 0) is 30.0 Å². The van der Waals surface area contributed by atoms with Gasteiger partial charge in [0.05, 0.1) is 11.5 Å². The molecule has 1 fully saturated rings. The van der Waals surface area contributed by atoms with Crippen molar-refractivity contribution in [2.45, 2.75) is 12.5 Å². The number of sulfone groups is 1. The van der Waals surface area contributed by atoms with Crippen LogP contribution in [-0.4, -0.2) is 19.9 Å². The van der Waals surface area contributed by atoms with E-state index in [9.17, 15) is 12.8 Å². The maximum Gasteiger partial charge on any atom is 0.150 e. The average molecular weight is 278 g/mol. The van der Waals surface area contributed by atoms with Gasteiger partial charge in [0.2, 0.25) is 0 Å². The summed E-state index contributed by atoms with van der Waals surface area (Å²) in [4.78, 5) is 0. The van der Waals surface area contributed by atoms with Gasteiger partial charge >= 0.3 is 0 Å². The summed E-state index contributed by atoms with van der Waals surface area (Å²) in [6, 6.07) is 3.54. The average Bonchev–Trinajstić information content (AvgIpc) is 2.58. The lowest BCUT2D eigenvalue weighted by Crippen LogP contribution is -2.22. The van der Waals surface area contributed by atoms with Crippen molar-refractivity contribution < 1.29 is 12.8 Å². The number of hydrogen-bond donors (Lipinski definition) is 1. The molecule has 0 aromatic heterocycles. The van der Waals surface area contributed by atoms with Gasteiger partial charge in [-0.3, -0.25) is 0 Å². The molecule has 0 amide bonds. The fourth-order valence-corrected chi connectivity index (χ4v) is 4.28. The van der Waals surface area contributed by atoms with E-state index in [1.807, 2.05) is 0 Å². The van der Waals surface area contributed by atoms with Gasteiger partial charge in [-0.1, -0.05) is 17.7 Å². The molecule has 2 rings (SSSR count). The highest BCUT2D eigenvalue weighted by molar-refractivity contribution is 7.91. The lowest BCUT2D eigenvalue weighted by Gasteiger charge is -2.19. The highest BCUT2D eigenvalue weighted by atomic mass is 35.5. The van der Waals surface area contributed by atoms with Gasteiger partial charge in [0, 0.05) is 11.1 Å². The van der Waals surface area contributed by atoms with Crippen molar-refractivity contribution in [2.24, 2.45) is 11.7 Å². The number of nitrogens with two attached hydrogens (primary N) is 1. The van der Waals surface area contributed by atoms with Crippen LogP contribution in [0.3, 0.4) is 0 Å². The Labute approximate surface area is 105 Å². The van der Waals surface area contributed by atoms with Crippen molar-refractivity contribution in [2.75, 3.05) is 11.5 Å². The van der Waals surface area contributed by atoms with Gasteiger partial charge in [0.25, 0.3) is 0 Å². The third kappa shape index (κ3) is 2.78. The largest absolute Gasteiger partial charge is 0.324 e. The van der Waals surface area contributed by atoms with Crippen LogP contribution in [0.2, 0.25) is 5.02 Å². The van der Waals surface area contributed by atoms with E-state index < -0.39 is 21.7 Å². The normalized spacial score (nSPS) is 24.8. The van der Waals surface area contributed by atoms with Crippen LogP contribution >= 0.6 is 11.6 Å². The molecule has 1 aromatic rings. The first-order valence-electron chi connectivity index (χ1n) is 5.30. The van der Waals surface area contributed by atoms with Crippen LogP contribution in [0.4, 0.5) is 4.39 Å². The number of benzene rings is 1. The van der Waals surface area contributed by atoms with E-state index in [1.54, 1.807) is 0 Å². The van der Waals surface area contributed by atoms with E-state index in [1.165, 1.54) is 18.2 Å². The third-order valence-corrected chi connectivity index (χ3v) is 5.22. The molecule has 2 N–H and O–H groups in total. The maximum absolute atomic E-state index is 12.9. The molecular formula is C11H13ClFNO2S. The molecule has 0 radical (unpaired) electrons. The Kier molecular flexibility index (Phi) is 3.43. The Morgan fingerprint density at radius 2 is 2.18 bits per heavy atom. The predicted molar refractivity (Wildman–Crippen MR) is 65.1 cm³/mol. The molecule has 3 nitrogen and oxygen atoms in total. The second-order valence-electron chi connectivity index (χ2n) is 4.35. The zero-order valence-electron chi connectivity index (χ0n) is 9.07. The summed E-state index contributed by atoms with van der Waals surface area (Å²) in [5, 5.41) is 0.252. The molecule has 2 atom stereocenters. The fourth-order valence-electron chi connectivity index (χ4n) is 2.13. The first-order chi connectivity index (χ1) is 7.89. The van der Waals surface area contributed by atoms with E-state index >= 15 is 0 Å². The molecule has 0 bridgehead atoms. The zero-order valence-corrected chi connectivity index (χ0v) is 10.6. The first kappa shape index (κ1) is 12.8. The highest BCUT2D eigenvalue weighted by Crippen LogP contribution is 2.33. The van der Waals surface area contributed by atoms with Crippen LogP contribution in [0.25, 0.3) is 0 Å². The zero-order chi connectivity index (χ0) is 12.6. The molecule has 1 aliphatic rings. The van der Waals surface area contributed by atoms with Crippen LogP contribution in [0.1, 0.15) is 18.0 Å². The molecule has 0 saturated carbocycles. The Hall–Kier alpha value is -0.650. The lowest BCUT2D eigenvalue weighted by atomic mass is 9.93. The standard InChI is InChI=1S/C11H13ClFNO2S/c12-10-5-8(13)1-2-9(10)11(14)7-3-4-17(15,16)6-7/h1-2,5,7,11H,3-4,6,14H2. The summed E-state index contributed by atoms with van der Waals surface area (Å²) >= 11 is 5.90. The van der Waals surface area contributed by atoms with Crippen LogP contribution in [0.15, 0.2) is 18.2 Å². The molecule has 0 aliphatic carbocycles. The molecule has 0 spiro atoms. The number of halogens is 2. The molecule has 1 saturated heterocycles. The van der Waals surface area contributed by atoms with Crippen LogP contribution < -0.4 is 5.73 Å². The van der Waals surface area contributed by atoms with Crippen molar-refractivity contribution in [1.29, 1.82) is 0 Å². The minimum atomic E-state index is -2.97. The monoisotopic (exact) mass is 277 g/mol. The SMILES string of the molecule is NC(c1ccc(F)cc1Cl)C1CCS(=O)(=O)C1. The third-order valence-electron chi connectivity index (χ3n) is 3.10. The molecule has 1 heterocycles. The van der Waals surface area contributed by atoms with Crippen molar-refractivity contribution in [1.82, 2.24) is 0 Å². The summed E-state index contributed by atoms with van der Waals surface area (Å²) in [7, 11) is -2.97. The van der Waals surface area contributed by atoms with E-state index in [2.05, 4.69) is 0 Å². The molecule has 1 aliphatic heterocycles. The van der Waals surface area contributed by atoms with Gasteiger partial charge in [0.15, 0.2) is 9.84 Å². The quantitative estimate of drug-likeness (QED) is 0.898. The van der Waals surface area contributed by atoms with E-state index in [4.69, 9.17) is 17.3 Å². The van der Waals surface area contributed by atoms with Gasteiger partial charge in [-0.15, -0.1) is 0 Å². The molecule has 1 aromatic carbocycles. The Morgan fingerprint density at radius 1 is 1.47 bits per heavy atom. The summed E-state index contributed by atoms with van der Waals surface area (Å²) in [6.07, 6.45) is 0.539. The Bertz CT molecular complexity index is 532. The molecule has 2 unspecified atom stereocenters.